The molecule has 0 aromatic heterocycles. The third-order valence-electron chi connectivity index (χ3n) is 4.17. The second-order valence-electron chi connectivity index (χ2n) is 6.10. The van der Waals surface area contributed by atoms with E-state index in [4.69, 9.17) is 4.74 Å². The van der Waals surface area contributed by atoms with Crippen molar-refractivity contribution in [3.63, 3.8) is 0 Å². The molecule has 26 heavy (non-hydrogen) atoms. The van der Waals surface area contributed by atoms with Gasteiger partial charge < -0.3 is 14.7 Å². The van der Waals surface area contributed by atoms with Crippen molar-refractivity contribution in [1.82, 2.24) is 0 Å². The molecule has 0 radical (unpaired) electrons. The van der Waals surface area contributed by atoms with Crippen molar-refractivity contribution in [1.29, 1.82) is 0 Å². The maximum Gasteiger partial charge on any atom is 0.418 e. The molecule has 0 spiro atoms. The predicted octanol–water partition coefficient (Wildman–Crippen LogP) is 4.13. The summed E-state index contributed by atoms with van der Waals surface area (Å²) >= 11 is 0. The zero-order valence-electron chi connectivity index (χ0n) is 13.6. The molecular weight excluding hydrogens is 357 g/mol. The zero-order chi connectivity index (χ0) is 18.9. The van der Waals surface area contributed by atoms with Crippen LogP contribution in [0.2, 0.25) is 0 Å². The first-order valence-electron chi connectivity index (χ1n) is 7.95. The first kappa shape index (κ1) is 18.4. The van der Waals surface area contributed by atoms with Gasteiger partial charge in [0.05, 0.1) is 11.7 Å². The van der Waals surface area contributed by atoms with Gasteiger partial charge in [-0.25, -0.2) is 8.78 Å². The van der Waals surface area contributed by atoms with Crippen molar-refractivity contribution in [3.8, 4) is 5.75 Å². The Morgan fingerprint density at radius 1 is 1.08 bits per heavy atom. The summed E-state index contributed by atoms with van der Waals surface area (Å²) in [7, 11) is 0. The van der Waals surface area contributed by atoms with Gasteiger partial charge in [0.15, 0.2) is 11.6 Å². The fraction of sp³-hybridized carbons (Fsp3) is 0.333. The number of benzene rings is 2. The molecule has 0 bridgehead atoms. The van der Waals surface area contributed by atoms with Crippen LogP contribution < -0.4 is 9.64 Å². The molecule has 0 unspecified atom stereocenters. The highest BCUT2D eigenvalue weighted by Crippen LogP contribution is 2.40. The van der Waals surface area contributed by atoms with E-state index in [1.54, 1.807) is 0 Å². The molecule has 1 atom stereocenters. The van der Waals surface area contributed by atoms with Gasteiger partial charge in [-0.05, 0) is 42.3 Å². The average molecular weight is 373 g/mol. The van der Waals surface area contributed by atoms with E-state index >= 15 is 0 Å². The van der Waals surface area contributed by atoms with Gasteiger partial charge in [0.1, 0.15) is 12.4 Å². The molecule has 2 aromatic rings. The fourth-order valence-electron chi connectivity index (χ4n) is 2.86. The quantitative estimate of drug-likeness (QED) is 0.818. The van der Waals surface area contributed by atoms with E-state index in [9.17, 15) is 27.1 Å². The highest BCUT2D eigenvalue weighted by atomic mass is 19.4. The molecule has 0 saturated carbocycles. The number of alkyl halides is 3. The smallest absolute Gasteiger partial charge is 0.418 e. The first-order valence-corrected chi connectivity index (χ1v) is 7.95. The van der Waals surface area contributed by atoms with Gasteiger partial charge in [0.2, 0.25) is 0 Å². The van der Waals surface area contributed by atoms with Crippen LogP contribution in [0, 0.1) is 11.6 Å². The molecule has 1 fully saturated rings. The topological polar surface area (TPSA) is 32.7 Å². The molecule has 1 aliphatic rings. The van der Waals surface area contributed by atoms with Gasteiger partial charge in [-0.3, -0.25) is 0 Å². The summed E-state index contributed by atoms with van der Waals surface area (Å²) in [6.45, 7) is 0.272. The molecule has 3 nitrogen and oxygen atoms in total. The molecular formula is C18H16F5NO2. The lowest BCUT2D eigenvalue weighted by molar-refractivity contribution is -0.137. The minimum absolute atomic E-state index is 0.0192. The number of anilines is 1. The van der Waals surface area contributed by atoms with Crippen LogP contribution >= 0.6 is 0 Å². The zero-order valence-corrected chi connectivity index (χ0v) is 13.6. The normalized spacial score (nSPS) is 17.6. The molecule has 1 saturated heterocycles. The van der Waals surface area contributed by atoms with Crippen molar-refractivity contribution >= 4 is 5.69 Å². The molecule has 0 aliphatic carbocycles. The highest BCUT2D eigenvalue weighted by molar-refractivity contribution is 5.58. The number of ether oxygens (including phenoxy) is 1. The van der Waals surface area contributed by atoms with Gasteiger partial charge in [0, 0.05) is 18.8 Å². The third-order valence-corrected chi connectivity index (χ3v) is 4.17. The Labute approximate surface area is 146 Å². The summed E-state index contributed by atoms with van der Waals surface area (Å²) in [6.07, 6.45) is -4.84. The van der Waals surface area contributed by atoms with Crippen LogP contribution in [0.5, 0.6) is 5.75 Å². The van der Waals surface area contributed by atoms with E-state index in [2.05, 4.69) is 0 Å². The van der Waals surface area contributed by atoms with Gasteiger partial charge in [-0.1, -0.05) is 6.07 Å². The van der Waals surface area contributed by atoms with Gasteiger partial charge in [-0.15, -0.1) is 0 Å². The van der Waals surface area contributed by atoms with E-state index < -0.39 is 29.5 Å². The lowest BCUT2D eigenvalue weighted by Crippen LogP contribution is -2.24. The van der Waals surface area contributed by atoms with E-state index in [0.29, 0.717) is 18.5 Å². The van der Waals surface area contributed by atoms with Crippen LogP contribution in [0.25, 0.3) is 0 Å². The standard InChI is InChI=1S/C18H16F5NO2/c19-15-3-1-11(7-16(15)20)10-26-13-2-4-17(14(8-13)18(21,22)23)24-6-5-12(25)9-24/h1-4,7-8,12,25H,5-6,9-10H2/t12-/m1/s1. The van der Waals surface area contributed by atoms with Crippen molar-refractivity contribution < 1.29 is 31.8 Å². The Kier molecular flexibility index (Phi) is 5.04. The van der Waals surface area contributed by atoms with Gasteiger partial charge in [-0.2, -0.15) is 13.2 Å². The maximum absolute atomic E-state index is 13.4. The Morgan fingerprint density at radius 2 is 1.85 bits per heavy atom. The second kappa shape index (κ2) is 7.11. The van der Waals surface area contributed by atoms with Crippen LogP contribution in [0.15, 0.2) is 36.4 Å². The minimum atomic E-state index is -4.59. The number of aliphatic hydroxyl groups excluding tert-OH is 1. The molecule has 1 N–H and O–H groups in total. The van der Waals surface area contributed by atoms with E-state index in [-0.39, 0.29) is 24.6 Å². The van der Waals surface area contributed by atoms with E-state index in [1.165, 1.54) is 23.1 Å². The molecule has 0 amide bonds. The summed E-state index contributed by atoms with van der Waals surface area (Å²) in [5.74, 6) is -2.10. The summed E-state index contributed by atoms with van der Waals surface area (Å²) in [4.78, 5) is 1.48. The number of β-amino-alcohol motifs (C(OH)–C–C–N with tert-alkyl or cyclic N) is 1. The average Bonchev–Trinajstić information content (AvgIpc) is 3.01. The summed E-state index contributed by atoms with van der Waals surface area (Å²) < 4.78 is 71.6. The monoisotopic (exact) mass is 373 g/mol. The number of hydrogen-bond donors (Lipinski definition) is 1. The number of nitrogens with zero attached hydrogens (tertiary/aromatic N) is 1. The number of rotatable bonds is 4. The van der Waals surface area contributed by atoms with Crippen LogP contribution in [-0.4, -0.2) is 24.3 Å². The first-order chi connectivity index (χ1) is 12.2. The molecule has 3 rings (SSSR count). The van der Waals surface area contributed by atoms with Gasteiger partial charge in [0.25, 0.3) is 0 Å². The van der Waals surface area contributed by atoms with Crippen LogP contribution in [0.3, 0.4) is 0 Å². The van der Waals surface area contributed by atoms with Crippen LogP contribution in [0.4, 0.5) is 27.6 Å². The van der Waals surface area contributed by atoms with Crippen molar-refractivity contribution in [2.24, 2.45) is 0 Å². The minimum Gasteiger partial charge on any atom is -0.489 e. The van der Waals surface area contributed by atoms with Crippen LogP contribution in [0.1, 0.15) is 17.5 Å². The van der Waals surface area contributed by atoms with Crippen LogP contribution in [-0.2, 0) is 12.8 Å². The SMILES string of the molecule is O[C@@H]1CCN(c2ccc(OCc3ccc(F)c(F)c3)cc2C(F)(F)F)C1. The lowest BCUT2D eigenvalue weighted by atomic mass is 10.1. The van der Waals surface area contributed by atoms with Crippen molar-refractivity contribution in [2.75, 3.05) is 18.0 Å². The number of hydrogen-bond acceptors (Lipinski definition) is 3. The van der Waals surface area contributed by atoms with Crippen molar-refractivity contribution in [2.45, 2.75) is 25.3 Å². The Morgan fingerprint density at radius 3 is 2.46 bits per heavy atom. The molecule has 2 aromatic carbocycles. The Balaban J connectivity index is 1.81. The largest absolute Gasteiger partial charge is 0.489 e. The molecule has 1 aliphatic heterocycles. The number of halogens is 5. The highest BCUT2D eigenvalue weighted by Gasteiger charge is 2.36. The second-order valence-corrected chi connectivity index (χ2v) is 6.10. The predicted molar refractivity (Wildman–Crippen MR) is 85.0 cm³/mol. The third kappa shape index (κ3) is 4.07. The summed E-state index contributed by atoms with van der Waals surface area (Å²) in [5.41, 5.74) is -0.590. The van der Waals surface area contributed by atoms with E-state index in [1.807, 2.05) is 0 Å². The van der Waals surface area contributed by atoms with Gasteiger partial charge >= 0.3 is 6.18 Å². The number of aliphatic hydroxyl groups is 1. The van der Waals surface area contributed by atoms with Crippen molar-refractivity contribution in [3.05, 3.63) is 59.2 Å². The summed E-state index contributed by atoms with van der Waals surface area (Å²) in [6, 6.07) is 6.70. The Bertz CT molecular complexity index is 794. The van der Waals surface area contributed by atoms with E-state index in [0.717, 1.165) is 18.2 Å². The Hall–Kier alpha value is -2.35. The molecule has 1 heterocycles. The maximum atomic E-state index is 13.4. The fourth-order valence-corrected chi connectivity index (χ4v) is 2.86. The summed E-state index contributed by atoms with van der Waals surface area (Å²) in [5, 5.41) is 9.56. The molecule has 8 heteroatoms. The lowest BCUT2D eigenvalue weighted by Gasteiger charge is -2.23. The molecule has 140 valence electrons.